The molecule has 14 heavy (non-hydrogen) atoms. The molecule has 78 valence electrons. The van der Waals surface area contributed by atoms with Gasteiger partial charge in [0.15, 0.2) is 0 Å². The zero-order chi connectivity index (χ0) is 9.97. The summed E-state index contributed by atoms with van der Waals surface area (Å²) < 4.78 is 1.96. The zero-order valence-corrected chi connectivity index (χ0v) is 8.87. The Balaban J connectivity index is 1.99. The summed E-state index contributed by atoms with van der Waals surface area (Å²) in [6.07, 6.45) is 8.72. The van der Waals surface area contributed by atoms with Gasteiger partial charge in [0.25, 0.3) is 0 Å². The lowest BCUT2D eigenvalue weighted by Gasteiger charge is -2.21. The minimum absolute atomic E-state index is 0.797. The van der Waals surface area contributed by atoms with E-state index in [2.05, 4.69) is 5.10 Å². The smallest absolute Gasteiger partial charge is 0.124 e. The fourth-order valence-electron chi connectivity index (χ4n) is 2.25. The predicted molar refractivity (Wildman–Crippen MR) is 58.0 cm³/mol. The molecule has 1 aliphatic rings. The number of nitrogens with zero attached hydrogens (tertiary/aromatic N) is 2. The van der Waals surface area contributed by atoms with Crippen LogP contribution in [-0.4, -0.2) is 9.78 Å². The molecule has 0 spiro atoms. The molecule has 0 radical (unpaired) electrons. The van der Waals surface area contributed by atoms with E-state index in [0.717, 1.165) is 23.8 Å². The van der Waals surface area contributed by atoms with Crippen LogP contribution < -0.4 is 5.73 Å². The van der Waals surface area contributed by atoms with E-state index in [-0.39, 0.29) is 0 Å². The second-order valence-electron chi connectivity index (χ2n) is 4.40. The Morgan fingerprint density at radius 1 is 1.43 bits per heavy atom. The van der Waals surface area contributed by atoms with Gasteiger partial charge in [0.05, 0.1) is 6.20 Å². The molecule has 3 nitrogen and oxygen atoms in total. The summed E-state index contributed by atoms with van der Waals surface area (Å²) in [6, 6.07) is 0. The first-order valence-corrected chi connectivity index (χ1v) is 5.55. The van der Waals surface area contributed by atoms with Gasteiger partial charge in [0, 0.05) is 12.1 Å². The summed E-state index contributed by atoms with van der Waals surface area (Å²) in [6.45, 7) is 3.03. The van der Waals surface area contributed by atoms with Crippen molar-refractivity contribution in [2.24, 2.45) is 5.92 Å². The van der Waals surface area contributed by atoms with Crippen molar-refractivity contribution < 1.29 is 0 Å². The van der Waals surface area contributed by atoms with Crippen molar-refractivity contribution in [2.45, 2.75) is 45.6 Å². The third-order valence-electron chi connectivity index (χ3n) is 3.23. The molecular formula is C11H19N3. The quantitative estimate of drug-likeness (QED) is 0.783. The van der Waals surface area contributed by atoms with Gasteiger partial charge in [-0.1, -0.05) is 19.3 Å². The molecule has 1 aromatic rings. The van der Waals surface area contributed by atoms with Crippen LogP contribution >= 0.6 is 0 Å². The minimum Gasteiger partial charge on any atom is -0.384 e. The first-order valence-electron chi connectivity index (χ1n) is 5.55. The van der Waals surface area contributed by atoms with Crippen molar-refractivity contribution in [3.63, 3.8) is 0 Å². The molecule has 1 aromatic heterocycles. The van der Waals surface area contributed by atoms with E-state index in [1.54, 1.807) is 0 Å². The maximum Gasteiger partial charge on any atom is 0.124 e. The molecule has 1 fully saturated rings. The highest BCUT2D eigenvalue weighted by Gasteiger charge is 2.15. The molecule has 0 saturated heterocycles. The SMILES string of the molecule is Cc1cnn(CC2CCCCC2)c1N. The molecule has 2 N–H and O–H groups in total. The number of hydrogen-bond donors (Lipinski definition) is 1. The lowest BCUT2D eigenvalue weighted by Crippen LogP contribution is -2.16. The third kappa shape index (κ3) is 1.91. The van der Waals surface area contributed by atoms with Crippen molar-refractivity contribution in [3.8, 4) is 0 Å². The molecule has 1 saturated carbocycles. The number of nitrogens with two attached hydrogens (primary N) is 1. The van der Waals surface area contributed by atoms with Crippen molar-refractivity contribution in [2.75, 3.05) is 5.73 Å². The van der Waals surface area contributed by atoms with Crippen LogP contribution in [0.1, 0.15) is 37.7 Å². The maximum absolute atomic E-state index is 5.92. The van der Waals surface area contributed by atoms with Crippen LogP contribution in [0.2, 0.25) is 0 Å². The largest absolute Gasteiger partial charge is 0.384 e. The first kappa shape index (κ1) is 9.56. The molecule has 0 amide bonds. The Hall–Kier alpha value is -0.990. The summed E-state index contributed by atoms with van der Waals surface area (Å²) in [5.74, 6) is 1.64. The van der Waals surface area contributed by atoms with Crippen LogP contribution in [0.25, 0.3) is 0 Å². The molecule has 0 atom stereocenters. The van der Waals surface area contributed by atoms with E-state index in [1.165, 1.54) is 32.1 Å². The maximum atomic E-state index is 5.92. The molecular weight excluding hydrogens is 174 g/mol. The number of nitrogen functional groups attached to an aromatic ring is 1. The summed E-state index contributed by atoms with van der Waals surface area (Å²) >= 11 is 0. The van der Waals surface area contributed by atoms with E-state index in [1.807, 2.05) is 17.8 Å². The van der Waals surface area contributed by atoms with Gasteiger partial charge in [-0.3, -0.25) is 0 Å². The summed E-state index contributed by atoms with van der Waals surface area (Å²) in [5, 5.41) is 4.30. The van der Waals surface area contributed by atoms with Gasteiger partial charge in [-0.2, -0.15) is 5.10 Å². The Morgan fingerprint density at radius 2 is 2.14 bits per heavy atom. The van der Waals surface area contributed by atoms with E-state index >= 15 is 0 Å². The number of anilines is 1. The fraction of sp³-hybridized carbons (Fsp3) is 0.727. The monoisotopic (exact) mass is 193 g/mol. The average molecular weight is 193 g/mol. The lowest BCUT2D eigenvalue weighted by molar-refractivity contribution is 0.310. The third-order valence-corrected chi connectivity index (χ3v) is 3.23. The highest BCUT2D eigenvalue weighted by atomic mass is 15.3. The Labute approximate surface area is 85.3 Å². The van der Waals surface area contributed by atoms with Crippen molar-refractivity contribution in [3.05, 3.63) is 11.8 Å². The molecule has 0 unspecified atom stereocenters. The van der Waals surface area contributed by atoms with Crippen LogP contribution in [-0.2, 0) is 6.54 Å². The van der Waals surface area contributed by atoms with E-state index in [0.29, 0.717) is 0 Å². The molecule has 3 heteroatoms. The molecule has 1 heterocycles. The Morgan fingerprint density at radius 3 is 2.71 bits per heavy atom. The first-order chi connectivity index (χ1) is 6.77. The lowest BCUT2D eigenvalue weighted by atomic mass is 9.89. The Kier molecular flexibility index (Phi) is 2.75. The second-order valence-corrected chi connectivity index (χ2v) is 4.40. The zero-order valence-electron chi connectivity index (χ0n) is 8.87. The fourth-order valence-corrected chi connectivity index (χ4v) is 2.25. The topological polar surface area (TPSA) is 43.8 Å². The highest BCUT2D eigenvalue weighted by Crippen LogP contribution is 2.25. The standard InChI is InChI=1S/C11H19N3/c1-9-7-13-14(11(9)12)8-10-5-3-2-4-6-10/h7,10H,2-6,8,12H2,1H3. The average Bonchev–Trinajstić information content (AvgIpc) is 2.52. The van der Waals surface area contributed by atoms with Crippen molar-refractivity contribution >= 4 is 5.82 Å². The summed E-state index contributed by atoms with van der Waals surface area (Å²) in [4.78, 5) is 0. The number of aromatic nitrogens is 2. The number of hydrogen-bond acceptors (Lipinski definition) is 2. The van der Waals surface area contributed by atoms with Crippen LogP contribution in [0.4, 0.5) is 5.82 Å². The molecule has 1 aliphatic carbocycles. The molecule has 0 aromatic carbocycles. The molecule has 2 rings (SSSR count). The summed E-state index contributed by atoms with van der Waals surface area (Å²) in [5.41, 5.74) is 7.02. The van der Waals surface area contributed by atoms with Crippen LogP contribution in [0, 0.1) is 12.8 Å². The normalized spacial score (nSPS) is 18.6. The Bertz CT molecular complexity index is 297. The van der Waals surface area contributed by atoms with Gasteiger partial charge >= 0.3 is 0 Å². The predicted octanol–water partition coefficient (Wildman–Crippen LogP) is 2.35. The highest BCUT2D eigenvalue weighted by molar-refractivity contribution is 5.36. The van der Waals surface area contributed by atoms with E-state index < -0.39 is 0 Å². The second kappa shape index (κ2) is 4.03. The number of aryl methyl sites for hydroxylation is 1. The van der Waals surface area contributed by atoms with Gasteiger partial charge in [-0.05, 0) is 25.7 Å². The van der Waals surface area contributed by atoms with Crippen molar-refractivity contribution in [1.82, 2.24) is 9.78 Å². The van der Waals surface area contributed by atoms with Gasteiger partial charge < -0.3 is 5.73 Å². The van der Waals surface area contributed by atoms with E-state index in [9.17, 15) is 0 Å². The van der Waals surface area contributed by atoms with Crippen LogP contribution in [0.5, 0.6) is 0 Å². The minimum atomic E-state index is 0.797. The number of rotatable bonds is 2. The van der Waals surface area contributed by atoms with Gasteiger partial charge in [0.2, 0.25) is 0 Å². The molecule has 0 bridgehead atoms. The van der Waals surface area contributed by atoms with Gasteiger partial charge in [-0.25, -0.2) is 4.68 Å². The van der Waals surface area contributed by atoms with Gasteiger partial charge in [0.1, 0.15) is 5.82 Å². The van der Waals surface area contributed by atoms with Crippen LogP contribution in [0.3, 0.4) is 0 Å². The summed E-state index contributed by atoms with van der Waals surface area (Å²) in [7, 11) is 0. The van der Waals surface area contributed by atoms with Crippen molar-refractivity contribution in [1.29, 1.82) is 0 Å². The van der Waals surface area contributed by atoms with E-state index in [4.69, 9.17) is 5.73 Å². The molecule has 0 aliphatic heterocycles. The van der Waals surface area contributed by atoms with Gasteiger partial charge in [-0.15, -0.1) is 0 Å². The van der Waals surface area contributed by atoms with Crippen LogP contribution in [0.15, 0.2) is 6.20 Å².